The zero-order valence-corrected chi connectivity index (χ0v) is 12.7. The van der Waals surface area contributed by atoms with Crippen LogP contribution in [0.2, 0.25) is 0 Å². The lowest BCUT2D eigenvalue weighted by Gasteiger charge is -2.32. The molecule has 7 heteroatoms. The van der Waals surface area contributed by atoms with Gasteiger partial charge in [-0.15, -0.1) is 11.8 Å². The predicted molar refractivity (Wildman–Crippen MR) is 77.3 cm³/mol. The summed E-state index contributed by atoms with van der Waals surface area (Å²) >= 11 is 1.52. The average molecular weight is 299 g/mol. The summed E-state index contributed by atoms with van der Waals surface area (Å²) in [6.45, 7) is 4.68. The molecular weight excluding hydrogens is 278 g/mol. The van der Waals surface area contributed by atoms with Crippen molar-refractivity contribution in [3.63, 3.8) is 0 Å². The monoisotopic (exact) mass is 299 g/mol. The van der Waals surface area contributed by atoms with Crippen LogP contribution < -0.4 is 0 Å². The van der Waals surface area contributed by atoms with E-state index in [0.29, 0.717) is 18.8 Å². The first-order valence-electron chi connectivity index (χ1n) is 6.85. The number of amides is 2. The number of aliphatic carboxylic acids is 1. The quantitative estimate of drug-likeness (QED) is 0.810. The summed E-state index contributed by atoms with van der Waals surface area (Å²) < 4.78 is 0. The van der Waals surface area contributed by atoms with Gasteiger partial charge in [-0.3, -0.25) is 4.90 Å². The fourth-order valence-corrected chi connectivity index (χ4v) is 3.72. The Kier molecular flexibility index (Phi) is 6.65. The fourth-order valence-electron chi connectivity index (χ4n) is 2.22. The molecule has 2 unspecified atom stereocenters. The van der Waals surface area contributed by atoms with Crippen molar-refractivity contribution in [2.75, 3.05) is 18.8 Å². The third-order valence-corrected chi connectivity index (χ3v) is 4.64. The van der Waals surface area contributed by atoms with Crippen LogP contribution in [0.15, 0.2) is 0 Å². The number of hydrogen-bond acceptors (Lipinski definition) is 4. The van der Waals surface area contributed by atoms with E-state index < -0.39 is 12.0 Å². The molecule has 1 heterocycles. The van der Waals surface area contributed by atoms with Gasteiger partial charge >= 0.3 is 12.0 Å². The van der Waals surface area contributed by atoms with E-state index in [1.54, 1.807) is 4.90 Å². The first-order valence-corrected chi connectivity index (χ1v) is 7.90. The summed E-state index contributed by atoms with van der Waals surface area (Å²) in [7, 11) is 0. The third-order valence-electron chi connectivity index (χ3n) is 3.28. The van der Waals surface area contributed by atoms with Gasteiger partial charge in [0.05, 0.1) is 17.9 Å². The molecular formula is C13H21N3O3S. The van der Waals surface area contributed by atoms with E-state index in [9.17, 15) is 14.7 Å². The minimum absolute atomic E-state index is 0.0789. The molecule has 0 spiro atoms. The van der Waals surface area contributed by atoms with Gasteiger partial charge in [0.2, 0.25) is 0 Å². The molecule has 1 rings (SSSR count). The molecule has 0 aromatic carbocycles. The average Bonchev–Trinajstić information content (AvgIpc) is 2.83. The molecule has 112 valence electrons. The number of carboxylic acid groups (broad SMARTS) is 1. The van der Waals surface area contributed by atoms with Crippen LogP contribution in [0.5, 0.6) is 0 Å². The number of thioether (sulfide) groups is 1. The van der Waals surface area contributed by atoms with Crippen molar-refractivity contribution in [3.8, 4) is 6.07 Å². The van der Waals surface area contributed by atoms with E-state index in [4.69, 9.17) is 5.26 Å². The Labute approximate surface area is 123 Å². The van der Waals surface area contributed by atoms with Gasteiger partial charge in [-0.1, -0.05) is 13.3 Å². The van der Waals surface area contributed by atoms with Gasteiger partial charge in [0.15, 0.2) is 0 Å². The number of urea groups is 1. The second-order valence-corrected chi connectivity index (χ2v) is 5.82. The molecule has 20 heavy (non-hydrogen) atoms. The summed E-state index contributed by atoms with van der Waals surface area (Å²) in [5.41, 5.74) is 0. The minimum Gasteiger partial charge on any atom is -0.480 e. The molecule has 0 aliphatic carbocycles. The fraction of sp³-hybridized carbons (Fsp3) is 0.769. The number of carboxylic acids is 1. The van der Waals surface area contributed by atoms with Crippen molar-refractivity contribution < 1.29 is 14.7 Å². The molecule has 2 amide bonds. The molecule has 1 aliphatic heterocycles. The molecule has 0 saturated carbocycles. The highest BCUT2D eigenvalue weighted by Crippen LogP contribution is 2.33. The highest BCUT2D eigenvalue weighted by atomic mass is 32.2. The second kappa shape index (κ2) is 8.00. The molecule has 1 N–H and O–H groups in total. The molecule has 0 bridgehead atoms. The number of carbonyl (C=O) groups excluding carboxylic acids is 1. The highest BCUT2D eigenvalue weighted by Gasteiger charge is 2.42. The van der Waals surface area contributed by atoms with Crippen molar-refractivity contribution in [2.45, 2.75) is 44.5 Å². The third kappa shape index (κ3) is 3.79. The lowest BCUT2D eigenvalue weighted by atomic mass is 10.2. The van der Waals surface area contributed by atoms with Crippen LogP contribution in [0.25, 0.3) is 0 Å². The maximum absolute atomic E-state index is 12.5. The molecule has 1 saturated heterocycles. The van der Waals surface area contributed by atoms with Crippen LogP contribution >= 0.6 is 11.8 Å². The molecule has 2 atom stereocenters. The van der Waals surface area contributed by atoms with E-state index in [2.05, 4.69) is 0 Å². The van der Waals surface area contributed by atoms with Gasteiger partial charge in [0.25, 0.3) is 0 Å². The Bertz CT molecular complexity index is 397. The maximum Gasteiger partial charge on any atom is 0.327 e. The molecule has 0 radical (unpaired) electrons. The van der Waals surface area contributed by atoms with Crippen LogP contribution in [0, 0.1) is 11.3 Å². The van der Waals surface area contributed by atoms with Crippen LogP contribution in [0.4, 0.5) is 4.79 Å². The number of nitriles is 1. The van der Waals surface area contributed by atoms with Crippen LogP contribution in [-0.2, 0) is 4.79 Å². The van der Waals surface area contributed by atoms with Gasteiger partial charge in [-0.2, -0.15) is 5.26 Å². The van der Waals surface area contributed by atoms with Gasteiger partial charge in [0.1, 0.15) is 6.04 Å². The maximum atomic E-state index is 12.5. The Hall–Kier alpha value is -1.42. The predicted octanol–water partition coefficient (Wildman–Crippen LogP) is 1.97. The zero-order valence-electron chi connectivity index (χ0n) is 11.9. The van der Waals surface area contributed by atoms with E-state index in [1.165, 1.54) is 16.7 Å². The van der Waals surface area contributed by atoms with Crippen LogP contribution in [0.3, 0.4) is 0 Å². The topological polar surface area (TPSA) is 84.6 Å². The van der Waals surface area contributed by atoms with Crippen molar-refractivity contribution >= 4 is 23.8 Å². The van der Waals surface area contributed by atoms with E-state index in [0.717, 1.165) is 12.8 Å². The Balaban J connectivity index is 2.87. The van der Waals surface area contributed by atoms with Gasteiger partial charge in [-0.05, 0) is 13.3 Å². The van der Waals surface area contributed by atoms with Crippen molar-refractivity contribution in [1.29, 1.82) is 5.26 Å². The first-order chi connectivity index (χ1) is 9.56. The molecule has 1 fully saturated rings. The van der Waals surface area contributed by atoms with Crippen molar-refractivity contribution in [1.82, 2.24) is 9.80 Å². The van der Waals surface area contributed by atoms with Gasteiger partial charge < -0.3 is 10.0 Å². The number of nitrogens with zero attached hydrogens (tertiary/aromatic N) is 3. The van der Waals surface area contributed by atoms with Gasteiger partial charge in [-0.25, -0.2) is 9.59 Å². The summed E-state index contributed by atoms with van der Waals surface area (Å²) in [5, 5.41) is 17.8. The highest BCUT2D eigenvalue weighted by molar-refractivity contribution is 8.00. The second-order valence-electron chi connectivity index (χ2n) is 4.61. The molecule has 1 aliphatic rings. The Morgan fingerprint density at radius 1 is 1.50 bits per heavy atom. The summed E-state index contributed by atoms with van der Waals surface area (Å²) in [5.74, 6) is -0.526. The lowest BCUT2D eigenvalue weighted by Crippen LogP contribution is -2.51. The smallest absolute Gasteiger partial charge is 0.327 e. The van der Waals surface area contributed by atoms with Crippen LogP contribution in [0.1, 0.15) is 33.1 Å². The lowest BCUT2D eigenvalue weighted by molar-refractivity contribution is -0.141. The molecule has 0 aromatic heterocycles. The Morgan fingerprint density at radius 3 is 2.70 bits per heavy atom. The Morgan fingerprint density at radius 2 is 2.20 bits per heavy atom. The summed E-state index contributed by atoms with van der Waals surface area (Å²) in [6.07, 6.45) is 1.95. The standard InChI is InChI=1S/C13H21N3O3S/c1-3-6-11-16(10(9-20-11)12(17)18)13(19)15(4-2)8-5-7-14/h10-11H,3-6,8-9H2,1-2H3,(H,17,18). The van der Waals surface area contributed by atoms with E-state index >= 15 is 0 Å². The summed E-state index contributed by atoms with van der Waals surface area (Å²) in [6, 6.07) is 0.985. The minimum atomic E-state index is -0.958. The van der Waals surface area contributed by atoms with E-state index in [1.807, 2.05) is 19.9 Å². The first kappa shape index (κ1) is 16.6. The zero-order chi connectivity index (χ0) is 15.1. The SMILES string of the molecule is CCCC1SCC(C(=O)O)N1C(=O)N(CC)CCC#N. The van der Waals surface area contributed by atoms with E-state index in [-0.39, 0.29) is 17.8 Å². The largest absolute Gasteiger partial charge is 0.480 e. The van der Waals surface area contributed by atoms with Crippen LogP contribution in [-0.4, -0.2) is 57.2 Å². The number of rotatable bonds is 6. The molecule has 6 nitrogen and oxygen atoms in total. The number of hydrogen-bond donors (Lipinski definition) is 1. The molecule has 0 aromatic rings. The van der Waals surface area contributed by atoms with Crippen molar-refractivity contribution in [3.05, 3.63) is 0 Å². The number of carbonyl (C=O) groups is 2. The van der Waals surface area contributed by atoms with Crippen molar-refractivity contribution in [2.24, 2.45) is 0 Å². The van der Waals surface area contributed by atoms with Gasteiger partial charge in [0, 0.05) is 18.8 Å². The normalized spacial score (nSPS) is 21.6. The summed E-state index contributed by atoms with van der Waals surface area (Å²) in [4.78, 5) is 26.9.